The van der Waals surface area contributed by atoms with E-state index in [4.69, 9.17) is 0 Å². The van der Waals surface area contributed by atoms with E-state index in [0.29, 0.717) is 5.92 Å². The summed E-state index contributed by atoms with van der Waals surface area (Å²) < 4.78 is 0. The fourth-order valence-electron chi connectivity index (χ4n) is 1.26. The van der Waals surface area contributed by atoms with Crippen molar-refractivity contribution in [1.29, 1.82) is 0 Å². The Bertz CT molecular complexity index is 221. The van der Waals surface area contributed by atoms with E-state index in [1.807, 2.05) is 6.07 Å². The number of hydrogen-bond acceptors (Lipinski definition) is 3. The third-order valence-electron chi connectivity index (χ3n) is 2.09. The molecule has 0 amide bonds. The van der Waals surface area contributed by atoms with Crippen LogP contribution in [0, 0.1) is 0 Å². The summed E-state index contributed by atoms with van der Waals surface area (Å²) in [6, 6.07) is 4.14. The minimum absolute atomic E-state index is 0.258. The summed E-state index contributed by atoms with van der Waals surface area (Å²) in [5.41, 5.74) is 0. The van der Waals surface area contributed by atoms with Gasteiger partial charge in [-0.2, -0.15) is 0 Å². The molecule has 0 fully saturated rings. The lowest BCUT2D eigenvalue weighted by Gasteiger charge is -2.15. The predicted molar refractivity (Wildman–Crippen MR) is 57.3 cm³/mol. The summed E-state index contributed by atoms with van der Waals surface area (Å²) >= 11 is 1.73. The van der Waals surface area contributed by atoms with Gasteiger partial charge in [0.2, 0.25) is 0 Å². The van der Waals surface area contributed by atoms with Crippen LogP contribution in [0.15, 0.2) is 17.5 Å². The van der Waals surface area contributed by atoms with Gasteiger partial charge in [-0.1, -0.05) is 6.07 Å². The topological polar surface area (TPSA) is 23.5 Å². The maximum absolute atomic E-state index is 9.20. The lowest BCUT2D eigenvalue weighted by atomic mass is 10.0. The predicted octanol–water partition coefficient (Wildman–Crippen LogP) is 1.78. The molecule has 3 heteroatoms. The number of nitrogens with zero attached hydrogens (tertiary/aromatic N) is 1. The molecular weight excluding hydrogens is 182 g/mol. The Kier molecular flexibility index (Phi) is 4.42. The van der Waals surface area contributed by atoms with Crippen LogP contribution in [0.3, 0.4) is 0 Å². The van der Waals surface area contributed by atoms with Crippen LogP contribution in [0.4, 0.5) is 0 Å². The van der Waals surface area contributed by atoms with Crippen molar-refractivity contribution >= 4 is 11.3 Å². The van der Waals surface area contributed by atoms with E-state index in [2.05, 4.69) is 30.4 Å². The molecule has 0 saturated heterocycles. The van der Waals surface area contributed by atoms with Gasteiger partial charge in [-0.25, -0.2) is 0 Å². The number of rotatable bonds is 5. The van der Waals surface area contributed by atoms with Gasteiger partial charge in [-0.3, -0.25) is 0 Å². The minimum Gasteiger partial charge on any atom is -0.396 e. The molecule has 1 aromatic heterocycles. The van der Waals surface area contributed by atoms with Gasteiger partial charge in [-0.05, 0) is 38.5 Å². The van der Waals surface area contributed by atoms with Gasteiger partial charge in [0.15, 0.2) is 0 Å². The summed E-state index contributed by atoms with van der Waals surface area (Å²) in [5.74, 6) is 0.322. The van der Waals surface area contributed by atoms with E-state index in [1.54, 1.807) is 11.3 Å². The number of thiophene rings is 1. The van der Waals surface area contributed by atoms with E-state index in [9.17, 15) is 5.11 Å². The molecule has 13 heavy (non-hydrogen) atoms. The highest BCUT2D eigenvalue weighted by Crippen LogP contribution is 2.23. The SMILES string of the molecule is CN(C)CC[C@@H](CO)c1cccs1. The highest BCUT2D eigenvalue weighted by Gasteiger charge is 2.10. The van der Waals surface area contributed by atoms with Gasteiger partial charge in [-0.15, -0.1) is 11.3 Å². The van der Waals surface area contributed by atoms with E-state index >= 15 is 0 Å². The molecule has 1 heterocycles. The maximum atomic E-state index is 9.20. The first-order valence-electron chi connectivity index (χ1n) is 4.53. The highest BCUT2D eigenvalue weighted by atomic mass is 32.1. The first-order chi connectivity index (χ1) is 6.24. The molecular formula is C10H17NOS. The Morgan fingerprint density at radius 2 is 2.31 bits per heavy atom. The van der Waals surface area contributed by atoms with E-state index in [0.717, 1.165) is 13.0 Å². The van der Waals surface area contributed by atoms with Crippen molar-refractivity contribution in [3.8, 4) is 0 Å². The summed E-state index contributed by atoms with van der Waals surface area (Å²) in [6.07, 6.45) is 1.03. The molecule has 0 aliphatic heterocycles. The molecule has 0 radical (unpaired) electrons. The van der Waals surface area contributed by atoms with E-state index in [1.165, 1.54) is 4.88 Å². The molecule has 0 aliphatic rings. The second-order valence-corrected chi connectivity index (χ2v) is 4.47. The summed E-state index contributed by atoms with van der Waals surface area (Å²) in [6.45, 7) is 1.29. The molecule has 0 saturated carbocycles. The van der Waals surface area contributed by atoms with Gasteiger partial charge in [0, 0.05) is 10.8 Å². The van der Waals surface area contributed by atoms with Gasteiger partial charge in [0.05, 0.1) is 6.61 Å². The first kappa shape index (κ1) is 10.7. The number of aliphatic hydroxyl groups excluding tert-OH is 1. The van der Waals surface area contributed by atoms with Gasteiger partial charge in [0.25, 0.3) is 0 Å². The van der Waals surface area contributed by atoms with E-state index in [-0.39, 0.29) is 6.61 Å². The van der Waals surface area contributed by atoms with Gasteiger partial charge in [0.1, 0.15) is 0 Å². The summed E-state index contributed by atoms with van der Waals surface area (Å²) in [4.78, 5) is 3.44. The van der Waals surface area contributed by atoms with Crippen molar-refractivity contribution in [2.45, 2.75) is 12.3 Å². The van der Waals surface area contributed by atoms with Crippen LogP contribution in [0.5, 0.6) is 0 Å². The molecule has 0 bridgehead atoms. The fourth-order valence-corrected chi connectivity index (χ4v) is 2.12. The Hall–Kier alpha value is -0.380. The Balaban J connectivity index is 2.44. The highest BCUT2D eigenvalue weighted by molar-refractivity contribution is 7.10. The van der Waals surface area contributed by atoms with Crippen LogP contribution in [-0.4, -0.2) is 37.3 Å². The van der Waals surface area contributed by atoms with Crippen LogP contribution in [-0.2, 0) is 0 Å². The zero-order chi connectivity index (χ0) is 9.68. The van der Waals surface area contributed by atoms with E-state index < -0.39 is 0 Å². The molecule has 1 atom stereocenters. The Morgan fingerprint density at radius 3 is 2.77 bits per heavy atom. The summed E-state index contributed by atoms with van der Waals surface area (Å²) in [7, 11) is 4.12. The molecule has 74 valence electrons. The molecule has 1 N–H and O–H groups in total. The summed E-state index contributed by atoms with van der Waals surface area (Å²) in [5, 5.41) is 11.3. The molecule has 1 aromatic rings. The van der Waals surface area contributed by atoms with Crippen molar-refractivity contribution in [3.63, 3.8) is 0 Å². The molecule has 0 spiro atoms. The number of hydrogen-bond donors (Lipinski definition) is 1. The largest absolute Gasteiger partial charge is 0.396 e. The molecule has 2 nitrogen and oxygen atoms in total. The van der Waals surface area contributed by atoms with Gasteiger partial charge < -0.3 is 10.0 Å². The van der Waals surface area contributed by atoms with Crippen LogP contribution < -0.4 is 0 Å². The first-order valence-corrected chi connectivity index (χ1v) is 5.41. The second kappa shape index (κ2) is 5.37. The zero-order valence-electron chi connectivity index (χ0n) is 8.23. The maximum Gasteiger partial charge on any atom is 0.0508 e. The molecule has 0 aromatic carbocycles. The second-order valence-electron chi connectivity index (χ2n) is 3.49. The Labute approximate surface area is 83.8 Å². The molecule has 1 rings (SSSR count). The number of aliphatic hydroxyl groups is 1. The van der Waals surface area contributed by atoms with Gasteiger partial charge >= 0.3 is 0 Å². The smallest absolute Gasteiger partial charge is 0.0508 e. The normalized spacial score (nSPS) is 13.5. The quantitative estimate of drug-likeness (QED) is 0.781. The minimum atomic E-state index is 0.258. The van der Waals surface area contributed by atoms with Crippen molar-refractivity contribution in [2.24, 2.45) is 0 Å². The monoisotopic (exact) mass is 199 g/mol. The average molecular weight is 199 g/mol. The Morgan fingerprint density at radius 1 is 1.54 bits per heavy atom. The fraction of sp³-hybridized carbons (Fsp3) is 0.600. The van der Waals surface area contributed by atoms with Crippen LogP contribution in [0.1, 0.15) is 17.2 Å². The standard InChI is InChI=1S/C10H17NOS/c1-11(2)6-5-9(8-12)10-4-3-7-13-10/h3-4,7,9,12H,5-6,8H2,1-2H3/t9-/m0/s1. The lowest BCUT2D eigenvalue weighted by molar-refractivity contribution is 0.249. The molecule has 0 unspecified atom stereocenters. The van der Waals surface area contributed by atoms with Crippen LogP contribution in [0.25, 0.3) is 0 Å². The van der Waals surface area contributed by atoms with Crippen molar-refractivity contribution < 1.29 is 5.11 Å². The lowest BCUT2D eigenvalue weighted by Crippen LogP contribution is -2.17. The van der Waals surface area contributed by atoms with Crippen LogP contribution >= 0.6 is 11.3 Å². The average Bonchev–Trinajstić information content (AvgIpc) is 2.58. The molecule has 0 aliphatic carbocycles. The third-order valence-corrected chi connectivity index (χ3v) is 3.13. The van der Waals surface area contributed by atoms with Crippen molar-refractivity contribution in [1.82, 2.24) is 4.90 Å². The van der Waals surface area contributed by atoms with Crippen LogP contribution in [0.2, 0.25) is 0 Å². The third kappa shape index (κ3) is 3.46. The van der Waals surface area contributed by atoms with Crippen molar-refractivity contribution in [2.75, 3.05) is 27.2 Å². The van der Waals surface area contributed by atoms with Crippen molar-refractivity contribution in [3.05, 3.63) is 22.4 Å². The zero-order valence-corrected chi connectivity index (χ0v) is 9.05.